The molecule has 128 valence electrons. The van der Waals surface area contributed by atoms with E-state index in [4.69, 9.17) is 0 Å². The Hall–Kier alpha value is -3.47. The molecule has 0 spiro atoms. The maximum atomic E-state index is 12.7. The molecule has 0 atom stereocenters. The van der Waals surface area contributed by atoms with Crippen LogP contribution in [0.1, 0.15) is 21.5 Å². The van der Waals surface area contributed by atoms with Crippen LogP contribution in [-0.2, 0) is 0 Å². The number of carbonyl (C=O) groups excluding carboxylic acids is 1. The molecule has 0 bridgehead atoms. The van der Waals surface area contributed by atoms with Gasteiger partial charge in [-0.05, 0) is 32.0 Å². The fourth-order valence-electron chi connectivity index (χ4n) is 2.93. The molecule has 0 aliphatic rings. The molecule has 0 unspecified atom stereocenters. The molecule has 4 rings (SSSR count). The minimum atomic E-state index is -0.189. The predicted molar refractivity (Wildman–Crippen MR) is 102 cm³/mol. The van der Waals surface area contributed by atoms with Crippen molar-refractivity contribution in [2.75, 3.05) is 5.32 Å². The molecule has 0 aliphatic carbocycles. The van der Waals surface area contributed by atoms with Crippen LogP contribution in [0.5, 0.6) is 0 Å². The Morgan fingerprint density at radius 1 is 1.00 bits per heavy atom. The number of hydrogen-bond donors (Lipinski definition) is 1. The Morgan fingerprint density at radius 2 is 1.81 bits per heavy atom. The van der Waals surface area contributed by atoms with Crippen LogP contribution in [0, 0.1) is 13.8 Å². The smallest absolute Gasteiger partial charge is 0.256 e. The van der Waals surface area contributed by atoms with Gasteiger partial charge in [0.05, 0.1) is 5.69 Å². The van der Waals surface area contributed by atoms with E-state index in [1.807, 2.05) is 73.0 Å². The Kier molecular flexibility index (Phi) is 3.97. The molecule has 2 aromatic heterocycles. The van der Waals surface area contributed by atoms with E-state index in [0.29, 0.717) is 17.2 Å². The molecule has 0 saturated carbocycles. The van der Waals surface area contributed by atoms with Crippen LogP contribution in [-0.4, -0.2) is 20.3 Å². The zero-order valence-electron chi connectivity index (χ0n) is 14.6. The molecule has 0 saturated heterocycles. The van der Waals surface area contributed by atoms with Crippen LogP contribution >= 0.6 is 0 Å². The fraction of sp³-hybridized carbons (Fsp3) is 0.0952. The highest BCUT2D eigenvalue weighted by atomic mass is 16.1. The van der Waals surface area contributed by atoms with Gasteiger partial charge >= 0.3 is 0 Å². The molecule has 0 aliphatic heterocycles. The lowest BCUT2D eigenvalue weighted by atomic mass is 10.1. The Balaban J connectivity index is 1.80. The number of imidazole rings is 1. The van der Waals surface area contributed by atoms with Crippen molar-refractivity contribution < 1.29 is 4.79 Å². The molecule has 2 heterocycles. The van der Waals surface area contributed by atoms with E-state index < -0.39 is 0 Å². The number of amides is 1. The lowest BCUT2D eigenvalue weighted by Crippen LogP contribution is -2.13. The Labute approximate surface area is 151 Å². The van der Waals surface area contributed by atoms with E-state index in [1.165, 1.54) is 5.56 Å². The van der Waals surface area contributed by atoms with Gasteiger partial charge in [-0.15, -0.1) is 0 Å². The van der Waals surface area contributed by atoms with Crippen LogP contribution in [0.15, 0.2) is 67.0 Å². The molecule has 0 fully saturated rings. The van der Waals surface area contributed by atoms with E-state index in [9.17, 15) is 4.79 Å². The van der Waals surface area contributed by atoms with Crippen molar-refractivity contribution in [1.29, 1.82) is 0 Å². The molecule has 5 heteroatoms. The molecule has 1 N–H and O–H groups in total. The highest BCUT2D eigenvalue weighted by Crippen LogP contribution is 2.29. The monoisotopic (exact) mass is 342 g/mol. The summed E-state index contributed by atoms with van der Waals surface area (Å²) in [5, 5.41) is 2.95. The van der Waals surface area contributed by atoms with Gasteiger partial charge in [-0.2, -0.15) is 4.98 Å². The number of hydrogen-bond acceptors (Lipinski definition) is 3. The van der Waals surface area contributed by atoms with Crippen molar-refractivity contribution in [3.8, 4) is 11.3 Å². The fourth-order valence-corrected chi connectivity index (χ4v) is 2.93. The van der Waals surface area contributed by atoms with Gasteiger partial charge < -0.3 is 5.32 Å². The zero-order valence-corrected chi connectivity index (χ0v) is 14.6. The summed E-state index contributed by atoms with van der Waals surface area (Å²) in [5.41, 5.74) is 4.59. The molecule has 1 amide bonds. The second-order valence-corrected chi connectivity index (χ2v) is 6.29. The quantitative estimate of drug-likeness (QED) is 0.605. The van der Waals surface area contributed by atoms with Crippen LogP contribution in [0.25, 0.3) is 17.0 Å². The molecular formula is C21H18N4O. The van der Waals surface area contributed by atoms with E-state index in [2.05, 4.69) is 15.3 Å². The van der Waals surface area contributed by atoms with Gasteiger partial charge in [0.25, 0.3) is 5.91 Å². The predicted octanol–water partition coefficient (Wildman–Crippen LogP) is 4.27. The number of aryl methyl sites for hydroxylation is 2. The van der Waals surface area contributed by atoms with Crippen molar-refractivity contribution in [3.05, 3.63) is 83.7 Å². The van der Waals surface area contributed by atoms with Crippen molar-refractivity contribution in [2.45, 2.75) is 13.8 Å². The SMILES string of the molecule is Cc1ccc(-c2c(NC(=O)c3cccc(C)c3)nc3ncccn23)cc1. The number of aromatic nitrogens is 3. The molecular weight excluding hydrogens is 324 g/mol. The summed E-state index contributed by atoms with van der Waals surface area (Å²) in [5.74, 6) is 0.854. The van der Waals surface area contributed by atoms with Crippen LogP contribution < -0.4 is 5.32 Å². The molecule has 4 aromatic rings. The lowest BCUT2D eigenvalue weighted by Gasteiger charge is -2.08. The lowest BCUT2D eigenvalue weighted by molar-refractivity contribution is 0.102. The van der Waals surface area contributed by atoms with Gasteiger partial charge in [0.1, 0.15) is 0 Å². The largest absolute Gasteiger partial charge is 0.305 e. The maximum absolute atomic E-state index is 12.7. The third kappa shape index (κ3) is 2.95. The summed E-state index contributed by atoms with van der Waals surface area (Å²) in [7, 11) is 0. The zero-order chi connectivity index (χ0) is 18.1. The third-order valence-electron chi connectivity index (χ3n) is 4.24. The van der Waals surface area contributed by atoms with E-state index in [1.54, 1.807) is 12.3 Å². The number of carbonyl (C=O) groups is 1. The van der Waals surface area contributed by atoms with Crippen LogP contribution in [0.4, 0.5) is 5.82 Å². The van der Waals surface area contributed by atoms with Gasteiger partial charge in [0, 0.05) is 23.5 Å². The van der Waals surface area contributed by atoms with Gasteiger partial charge in [0.2, 0.25) is 5.78 Å². The summed E-state index contributed by atoms with van der Waals surface area (Å²) in [6.45, 7) is 4.00. The van der Waals surface area contributed by atoms with Crippen molar-refractivity contribution in [2.24, 2.45) is 0 Å². The number of anilines is 1. The first-order valence-electron chi connectivity index (χ1n) is 8.40. The number of nitrogens with zero attached hydrogens (tertiary/aromatic N) is 3. The molecule has 26 heavy (non-hydrogen) atoms. The average Bonchev–Trinajstić information content (AvgIpc) is 3.00. The summed E-state index contributed by atoms with van der Waals surface area (Å²) in [6.07, 6.45) is 3.58. The van der Waals surface area contributed by atoms with Crippen LogP contribution in [0.2, 0.25) is 0 Å². The van der Waals surface area contributed by atoms with Crippen molar-refractivity contribution >= 4 is 17.5 Å². The maximum Gasteiger partial charge on any atom is 0.256 e. The first kappa shape index (κ1) is 16.0. The minimum Gasteiger partial charge on any atom is -0.305 e. The second-order valence-electron chi connectivity index (χ2n) is 6.29. The van der Waals surface area contributed by atoms with Crippen molar-refractivity contribution in [1.82, 2.24) is 14.4 Å². The third-order valence-corrected chi connectivity index (χ3v) is 4.24. The molecule has 0 radical (unpaired) electrons. The standard InChI is InChI=1S/C21H18N4O/c1-14-7-9-16(10-8-14)18-19(24-21-22-11-4-12-25(18)21)23-20(26)17-6-3-5-15(2)13-17/h3-13H,1-2H3,(H,23,26). The number of benzene rings is 2. The highest BCUT2D eigenvalue weighted by molar-refractivity contribution is 6.05. The summed E-state index contributed by atoms with van der Waals surface area (Å²) < 4.78 is 1.89. The molecule has 5 nitrogen and oxygen atoms in total. The summed E-state index contributed by atoms with van der Waals surface area (Å²) in [4.78, 5) is 21.5. The number of nitrogens with one attached hydrogen (secondary N) is 1. The minimum absolute atomic E-state index is 0.189. The van der Waals surface area contributed by atoms with Crippen LogP contribution in [0.3, 0.4) is 0 Å². The van der Waals surface area contributed by atoms with Gasteiger partial charge in [-0.1, -0.05) is 47.5 Å². The summed E-state index contributed by atoms with van der Waals surface area (Å²) >= 11 is 0. The van der Waals surface area contributed by atoms with E-state index in [0.717, 1.165) is 16.8 Å². The number of rotatable bonds is 3. The normalized spacial score (nSPS) is 10.8. The second kappa shape index (κ2) is 6.44. The number of fused-ring (bicyclic) bond motifs is 1. The van der Waals surface area contributed by atoms with E-state index in [-0.39, 0.29) is 5.91 Å². The van der Waals surface area contributed by atoms with E-state index >= 15 is 0 Å². The van der Waals surface area contributed by atoms with Gasteiger partial charge in [-0.25, -0.2) is 4.98 Å². The molecule has 2 aromatic carbocycles. The van der Waals surface area contributed by atoms with Gasteiger partial charge in [0.15, 0.2) is 5.82 Å². The summed E-state index contributed by atoms with van der Waals surface area (Å²) in [6, 6.07) is 17.5. The Bertz CT molecular complexity index is 1100. The average molecular weight is 342 g/mol. The Morgan fingerprint density at radius 3 is 2.58 bits per heavy atom. The van der Waals surface area contributed by atoms with Gasteiger partial charge in [-0.3, -0.25) is 9.20 Å². The topological polar surface area (TPSA) is 59.3 Å². The highest BCUT2D eigenvalue weighted by Gasteiger charge is 2.17. The first-order valence-corrected chi connectivity index (χ1v) is 8.40. The first-order chi connectivity index (χ1) is 12.6. The van der Waals surface area contributed by atoms with Crippen molar-refractivity contribution in [3.63, 3.8) is 0 Å².